The van der Waals surface area contributed by atoms with Crippen molar-refractivity contribution in [3.8, 4) is 0 Å². The van der Waals surface area contributed by atoms with Gasteiger partial charge in [0.25, 0.3) is 0 Å². The Labute approximate surface area is 76.6 Å². The summed E-state index contributed by atoms with van der Waals surface area (Å²) in [5.74, 6) is 2.58. The monoisotopic (exact) mass is 190 g/mol. The van der Waals surface area contributed by atoms with Gasteiger partial charge in [-0.1, -0.05) is 0 Å². The van der Waals surface area contributed by atoms with Crippen LogP contribution in [-0.4, -0.2) is 34.2 Å². The lowest BCUT2D eigenvalue weighted by molar-refractivity contribution is 0.118. The molecule has 0 N–H and O–H groups in total. The Morgan fingerprint density at radius 3 is 1.73 bits per heavy atom. The van der Waals surface area contributed by atoms with Crippen molar-refractivity contribution in [2.75, 3.05) is 24.7 Å². The fourth-order valence-electron chi connectivity index (χ4n) is 0.896. The van der Waals surface area contributed by atoms with E-state index in [-0.39, 0.29) is 0 Å². The molecule has 0 amide bonds. The minimum atomic E-state index is 0.482. The molecule has 2 aliphatic rings. The first kappa shape index (κ1) is 8.27. The number of ether oxygens (including phenoxy) is 1. The van der Waals surface area contributed by atoms with E-state index in [9.17, 15) is 0 Å². The van der Waals surface area contributed by atoms with Crippen LogP contribution in [0.15, 0.2) is 0 Å². The van der Waals surface area contributed by atoms with Gasteiger partial charge in [-0.15, -0.1) is 0 Å². The highest BCUT2D eigenvalue weighted by Gasteiger charge is 2.42. The summed E-state index contributed by atoms with van der Waals surface area (Å²) in [4.78, 5) is 0. The van der Waals surface area contributed by atoms with Crippen LogP contribution in [-0.2, 0) is 4.74 Å². The highest BCUT2D eigenvalue weighted by atomic mass is 32.2. The number of hydrogen-bond donors (Lipinski definition) is 0. The van der Waals surface area contributed by atoms with Gasteiger partial charge in [0.05, 0.1) is 13.2 Å². The summed E-state index contributed by atoms with van der Waals surface area (Å²) in [7, 11) is 0. The van der Waals surface area contributed by atoms with Crippen LogP contribution in [0.3, 0.4) is 0 Å². The van der Waals surface area contributed by atoms with Gasteiger partial charge in [0, 0.05) is 21.0 Å². The van der Waals surface area contributed by atoms with E-state index < -0.39 is 0 Å². The molecule has 0 aromatic carbocycles. The van der Waals surface area contributed by atoms with E-state index in [1.165, 1.54) is 11.5 Å². The minimum absolute atomic E-state index is 0.482. The maximum atomic E-state index is 5.65. The third-order valence-electron chi connectivity index (χ3n) is 2.09. The molecular formula is C8H14OS2. The van der Waals surface area contributed by atoms with E-state index in [1.54, 1.807) is 0 Å². The second-order valence-corrected chi connectivity index (χ2v) is 7.10. The van der Waals surface area contributed by atoms with Gasteiger partial charge in [-0.05, 0) is 13.8 Å². The number of hydrogen-bond acceptors (Lipinski definition) is 3. The standard InChI is InChI=1S/C8H14OS2/c1-7(5-10-7)3-9-4-8(2)6-11-8/h3-6H2,1-2H3. The quantitative estimate of drug-likeness (QED) is 0.628. The smallest absolute Gasteiger partial charge is 0.0619 e. The highest BCUT2D eigenvalue weighted by molar-refractivity contribution is 8.08. The molecule has 2 rings (SSSR count). The Morgan fingerprint density at radius 1 is 1.09 bits per heavy atom. The van der Waals surface area contributed by atoms with Crippen LogP contribution in [0.4, 0.5) is 0 Å². The lowest BCUT2D eigenvalue weighted by atomic mass is 10.2. The van der Waals surface area contributed by atoms with Crippen LogP contribution >= 0.6 is 23.5 Å². The largest absolute Gasteiger partial charge is 0.379 e. The van der Waals surface area contributed by atoms with Crippen molar-refractivity contribution < 1.29 is 4.74 Å². The molecule has 2 heterocycles. The lowest BCUT2D eigenvalue weighted by Crippen LogP contribution is -2.19. The summed E-state index contributed by atoms with van der Waals surface area (Å²) in [5, 5.41) is 0. The molecular weight excluding hydrogens is 176 g/mol. The third-order valence-corrected chi connectivity index (χ3v) is 4.87. The van der Waals surface area contributed by atoms with Crippen molar-refractivity contribution in [1.29, 1.82) is 0 Å². The predicted molar refractivity (Wildman–Crippen MR) is 52.5 cm³/mol. The van der Waals surface area contributed by atoms with Crippen molar-refractivity contribution in [3.63, 3.8) is 0 Å². The van der Waals surface area contributed by atoms with E-state index in [0.717, 1.165) is 13.2 Å². The Morgan fingerprint density at radius 2 is 1.45 bits per heavy atom. The first-order valence-corrected chi connectivity index (χ1v) is 5.95. The molecule has 0 bridgehead atoms. The van der Waals surface area contributed by atoms with Crippen molar-refractivity contribution in [2.45, 2.75) is 23.3 Å². The zero-order valence-electron chi connectivity index (χ0n) is 7.05. The minimum Gasteiger partial charge on any atom is -0.379 e. The van der Waals surface area contributed by atoms with Gasteiger partial charge < -0.3 is 4.74 Å². The first-order valence-electron chi connectivity index (χ1n) is 3.98. The molecule has 0 aliphatic carbocycles. The fraction of sp³-hybridized carbons (Fsp3) is 1.00. The maximum Gasteiger partial charge on any atom is 0.0619 e. The predicted octanol–water partition coefficient (Wildman–Crippen LogP) is 2.01. The highest BCUT2D eigenvalue weighted by Crippen LogP contribution is 2.46. The van der Waals surface area contributed by atoms with Crippen LogP contribution in [0.1, 0.15) is 13.8 Å². The van der Waals surface area contributed by atoms with Gasteiger partial charge in [0.1, 0.15) is 0 Å². The van der Waals surface area contributed by atoms with Gasteiger partial charge >= 0.3 is 0 Å². The van der Waals surface area contributed by atoms with E-state index in [2.05, 4.69) is 13.8 Å². The van der Waals surface area contributed by atoms with E-state index in [4.69, 9.17) is 4.74 Å². The summed E-state index contributed by atoms with van der Waals surface area (Å²) in [6, 6.07) is 0. The molecule has 0 radical (unpaired) electrons. The average Bonchev–Trinajstić information content (AvgIpc) is 2.78. The molecule has 0 aromatic heterocycles. The molecule has 2 aliphatic heterocycles. The average molecular weight is 190 g/mol. The van der Waals surface area contributed by atoms with Gasteiger partial charge in [-0.25, -0.2) is 0 Å². The summed E-state index contributed by atoms with van der Waals surface area (Å²) < 4.78 is 6.61. The second-order valence-electron chi connectivity index (χ2n) is 3.97. The molecule has 1 nitrogen and oxygen atoms in total. The molecule has 2 atom stereocenters. The van der Waals surface area contributed by atoms with Gasteiger partial charge in [-0.2, -0.15) is 23.5 Å². The van der Waals surface area contributed by atoms with Crippen molar-refractivity contribution in [1.82, 2.24) is 0 Å². The Balaban J connectivity index is 1.60. The van der Waals surface area contributed by atoms with Crippen molar-refractivity contribution in [2.24, 2.45) is 0 Å². The Bertz CT molecular complexity index is 143. The van der Waals surface area contributed by atoms with Crippen LogP contribution in [0.2, 0.25) is 0 Å². The fourth-order valence-corrected chi connectivity index (χ4v) is 1.89. The molecule has 3 heteroatoms. The summed E-state index contributed by atoms with van der Waals surface area (Å²) in [5.41, 5.74) is 0. The summed E-state index contributed by atoms with van der Waals surface area (Å²) >= 11 is 4.02. The number of rotatable bonds is 4. The van der Waals surface area contributed by atoms with Crippen molar-refractivity contribution in [3.05, 3.63) is 0 Å². The molecule has 2 fully saturated rings. The van der Waals surface area contributed by atoms with Crippen LogP contribution in [0.5, 0.6) is 0 Å². The molecule has 2 saturated heterocycles. The van der Waals surface area contributed by atoms with Crippen LogP contribution in [0, 0.1) is 0 Å². The van der Waals surface area contributed by atoms with E-state index in [0.29, 0.717) is 9.49 Å². The topological polar surface area (TPSA) is 9.23 Å². The Kier molecular flexibility index (Phi) is 1.93. The number of thioether (sulfide) groups is 2. The molecule has 0 spiro atoms. The molecule has 0 saturated carbocycles. The van der Waals surface area contributed by atoms with Gasteiger partial charge in [-0.3, -0.25) is 0 Å². The normalized spacial score (nSPS) is 47.5. The summed E-state index contributed by atoms with van der Waals surface area (Å²) in [6.07, 6.45) is 0. The van der Waals surface area contributed by atoms with Gasteiger partial charge in [0.2, 0.25) is 0 Å². The zero-order valence-corrected chi connectivity index (χ0v) is 8.69. The Hall–Kier alpha value is 0.660. The lowest BCUT2D eigenvalue weighted by Gasteiger charge is -2.10. The molecule has 11 heavy (non-hydrogen) atoms. The molecule has 0 aromatic rings. The van der Waals surface area contributed by atoms with Crippen LogP contribution in [0.25, 0.3) is 0 Å². The molecule has 64 valence electrons. The third kappa shape index (κ3) is 2.30. The van der Waals surface area contributed by atoms with E-state index >= 15 is 0 Å². The van der Waals surface area contributed by atoms with Crippen LogP contribution < -0.4 is 0 Å². The zero-order chi connectivity index (χ0) is 7.95. The second kappa shape index (κ2) is 2.57. The first-order chi connectivity index (χ1) is 5.12. The van der Waals surface area contributed by atoms with Crippen molar-refractivity contribution >= 4 is 23.5 Å². The van der Waals surface area contributed by atoms with Gasteiger partial charge in [0.15, 0.2) is 0 Å². The maximum absolute atomic E-state index is 5.65. The van der Waals surface area contributed by atoms with E-state index in [1.807, 2.05) is 23.5 Å². The summed E-state index contributed by atoms with van der Waals surface area (Å²) in [6.45, 7) is 6.46. The SMILES string of the molecule is CC1(COCC2(C)CS2)CS1. The molecule has 2 unspecified atom stereocenters.